The summed E-state index contributed by atoms with van der Waals surface area (Å²) >= 11 is 0. The summed E-state index contributed by atoms with van der Waals surface area (Å²) in [5, 5.41) is 0. The minimum absolute atomic E-state index is 0. The van der Waals surface area contributed by atoms with E-state index in [1.807, 2.05) is 0 Å². The van der Waals surface area contributed by atoms with Gasteiger partial charge in [-0.25, -0.2) is 13.8 Å². The van der Waals surface area contributed by atoms with E-state index in [1.165, 1.54) is 18.3 Å². The van der Waals surface area contributed by atoms with Gasteiger partial charge in [-0.05, 0) is 19.1 Å². The van der Waals surface area contributed by atoms with E-state index >= 15 is 0 Å². The molecule has 2 aromatic rings. The fraction of sp³-hybridized carbons (Fsp3) is 0.167. The minimum atomic E-state index is -0.718. The summed E-state index contributed by atoms with van der Waals surface area (Å²) in [6.07, 6.45) is 1.36. The molecular formula is C12H11ClF2N2O2. The Labute approximate surface area is 114 Å². The fourth-order valence-corrected chi connectivity index (χ4v) is 1.42. The van der Waals surface area contributed by atoms with E-state index in [9.17, 15) is 13.6 Å². The summed E-state index contributed by atoms with van der Waals surface area (Å²) in [5.41, 5.74) is -0.239. The van der Waals surface area contributed by atoms with Crippen LogP contribution in [0.1, 0.15) is 11.4 Å². The third-order valence-electron chi connectivity index (χ3n) is 2.34. The first-order valence-electron chi connectivity index (χ1n) is 5.20. The third-order valence-corrected chi connectivity index (χ3v) is 2.34. The zero-order valence-electron chi connectivity index (χ0n) is 9.97. The van der Waals surface area contributed by atoms with Crippen molar-refractivity contribution in [2.75, 3.05) is 0 Å². The van der Waals surface area contributed by atoms with Crippen molar-refractivity contribution >= 4 is 12.4 Å². The molecule has 0 spiro atoms. The van der Waals surface area contributed by atoms with E-state index in [0.29, 0.717) is 5.82 Å². The molecule has 0 unspecified atom stereocenters. The summed E-state index contributed by atoms with van der Waals surface area (Å²) in [6, 6.07) is 4.38. The van der Waals surface area contributed by atoms with Gasteiger partial charge < -0.3 is 4.84 Å². The van der Waals surface area contributed by atoms with Crippen LogP contribution in [0, 0.1) is 18.6 Å². The number of halogens is 3. The van der Waals surface area contributed by atoms with Crippen LogP contribution < -0.4 is 10.4 Å². The van der Waals surface area contributed by atoms with Gasteiger partial charge in [-0.1, -0.05) is 0 Å². The molecule has 1 aromatic heterocycles. The van der Waals surface area contributed by atoms with E-state index in [0.717, 1.165) is 16.9 Å². The zero-order valence-corrected chi connectivity index (χ0v) is 10.8. The monoisotopic (exact) mass is 288 g/mol. The average Bonchev–Trinajstić information content (AvgIpc) is 2.31. The van der Waals surface area contributed by atoms with Crippen molar-refractivity contribution < 1.29 is 13.6 Å². The van der Waals surface area contributed by atoms with Crippen molar-refractivity contribution in [3.05, 3.63) is 63.8 Å². The standard InChI is InChI=1S/C12H10F2N2O2.ClH/c1-8-15-5-4-12(17)16(8)18-7-9-2-3-10(13)6-11(9)14;/h2-6H,7H2,1H3;1H. The highest BCUT2D eigenvalue weighted by molar-refractivity contribution is 5.85. The lowest BCUT2D eigenvalue weighted by atomic mass is 10.2. The lowest BCUT2D eigenvalue weighted by Gasteiger charge is -2.10. The molecule has 2 rings (SSSR count). The maximum Gasteiger partial charge on any atom is 0.286 e. The largest absolute Gasteiger partial charge is 0.404 e. The number of hydrogen-bond acceptors (Lipinski definition) is 3. The Hall–Kier alpha value is -1.95. The van der Waals surface area contributed by atoms with Gasteiger partial charge in [0.15, 0.2) is 0 Å². The molecule has 0 saturated carbocycles. The van der Waals surface area contributed by atoms with Crippen molar-refractivity contribution in [2.24, 2.45) is 0 Å². The molecule has 0 aliphatic carbocycles. The van der Waals surface area contributed by atoms with Gasteiger partial charge in [0, 0.05) is 23.9 Å². The molecule has 1 aromatic carbocycles. The Bertz CT molecular complexity index is 631. The van der Waals surface area contributed by atoms with E-state index < -0.39 is 17.2 Å². The highest BCUT2D eigenvalue weighted by atomic mass is 35.5. The van der Waals surface area contributed by atoms with Crippen LogP contribution in [-0.4, -0.2) is 9.71 Å². The van der Waals surface area contributed by atoms with Gasteiger partial charge in [-0.2, -0.15) is 0 Å². The Kier molecular flexibility index (Phi) is 5.00. The second kappa shape index (κ2) is 6.29. The average molecular weight is 289 g/mol. The van der Waals surface area contributed by atoms with Crippen molar-refractivity contribution in [1.82, 2.24) is 9.71 Å². The number of aryl methyl sites for hydroxylation is 1. The Balaban J connectivity index is 0.00000180. The van der Waals surface area contributed by atoms with Gasteiger partial charge in [0.25, 0.3) is 5.56 Å². The first-order chi connectivity index (χ1) is 8.58. The van der Waals surface area contributed by atoms with Crippen LogP contribution in [0.4, 0.5) is 8.78 Å². The van der Waals surface area contributed by atoms with E-state index in [-0.39, 0.29) is 24.6 Å². The van der Waals surface area contributed by atoms with Crippen LogP contribution >= 0.6 is 12.4 Å². The van der Waals surface area contributed by atoms with Gasteiger partial charge in [0.05, 0.1) is 0 Å². The third kappa shape index (κ3) is 3.51. The molecule has 19 heavy (non-hydrogen) atoms. The second-order valence-corrected chi connectivity index (χ2v) is 3.63. The molecular weight excluding hydrogens is 278 g/mol. The maximum atomic E-state index is 13.3. The number of nitrogens with zero attached hydrogens (tertiary/aromatic N) is 2. The topological polar surface area (TPSA) is 44.1 Å². The molecule has 0 N–H and O–H groups in total. The first-order valence-corrected chi connectivity index (χ1v) is 5.20. The van der Waals surface area contributed by atoms with Crippen LogP contribution in [-0.2, 0) is 6.61 Å². The maximum absolute atomic E-state index is 13.3. The van der Waals surface area contributed by atoms with Crippen molar-refractivity contribution in [3.8, 4) is 0 Å². The molecule has 0 saturated heterocycles. The molecule has 102 valence electrons. The van der Waals surface area contributed by atoms with Gasteiger partial charge >= 0.3 is 0 Å². The van der Waals surface area contributed by atoms with Crippen LogP contribution in [0.3, 0.4) is 0 Å². The Morgan fingerprint density at radius 2 is 2.05 bits per heavy atom. The van der Waals surface area contributed by atoms with E-state index in [1.54, 1.807) is 6.92 Å². The molecule has 0 atom stereocenters. The number of aromatic nitrogens is 2. The quantitative estimate of drug-likeness (QED) is 0.866. The highest BCUT2D eigenvalue weighted by Gasteiger charge is 2.06. The minimum Gasteiger partial charge on any atom is -0.404 e. The predicted octanol–water partition coefficient (Wildman–Crippen LogP) is 1.88. The SMILES string of the molecule is Cc1nccc(=O)n1OCc1ccc(F)cc1F.Cl. The van der Waals surface area contributed by atoms with Crippen LogP contribution in [0.25, 0.3) is 0 Å². The molecule has 0 radical (unpaired) electrons. The Morgan fingerprint density at radius 3 is 2.68 bits per heavy atom. The van der Waals surface area contributed by atoms with Crippen molar-refractivity contribution in [2.45, 2.75) is 13.5 Å². The van der Waals surface area contributed by atoms with Crippen molar-refractivity contribution in [1.29, 1.82) is 0 Å². The normalized spacial score (nSPS) is 9.84. The number of benzene rings is 1. The van der Waals surface area contributed by atoms with Crippen molar-refractivity contribution in [3.63, 3.8) is 0 Å². The van der Waals surface area contributed by atoms with Gasteiger partial charge in [0.1, 0.15) is 24.1 Å². The molecule has 0 bridgehead atoms. The predicted molar refractivity (Wildman–Crippen MR) is 67.1 cm³/mol. The molecule has 4 nitrogen and oxygen atoms in total. The molecule has 0 aliphatic heterocycles. The zero-order chi connectivity index (χ0) is 13.1. The van der Waals surface area contributed by atoms with Gasteiger partial charge in [0.2, 0.25) is 0 Å². The second-order valence-electron chi connectivity index (χ2n) is 3.63. The molecule has 7 heteroatoms. The lowest BCUT2D eigenvalue weighted by Crippen LogP contribution is -2.28. The van der Waals surface area contributed by atoms with Gasteiger partial charge in [-0.3, -0.25) is 4.79 Å². The molecule has 0 amide bonds. The first kappa shape index (κ1) is 15.1. The number of hydrogen-bond donors (Lipinski definition) is 0. The van der Waals surface area contributed by atoms with E-state index in [4.69, 9.17) is 4.84 Å². The van der Waals surface area contributed by atoms with Crippen LogP contribution in [0.15, 0.2) is 35.3 Å². The summed E-state index contributed by atoms with van der Waals surface area (Å²) in [6.45, 7) is 1.40. The summed E-state index contributed by atoms with van der Waals surface area (Å²) in [7, 11) is 0. The van der Waals surface area contributed by atoms with E-state index in [2.05, 4.69) is 4.98 Å². The molecule has 0 aliphatic rings. The summed E-state index contributed by atoms with van der Waals surface area (Å²) in [4.78, 5) is 20.5. The molecule has 0 fully saturated rings. The number of rotatable bonds is 3. The fourth-order valence-electron chi connectivity index (χ4n) is 1.42. The van der Waals surface area contributed by atoms with Gasteiger partial charge in [-0.15, -0.1) is 17.1 Å². The highest BCUT2D eigenvalue weighted by Crippen LogP contribution is 2.09. The smallest absolute Gasteiger partial charge is 0.286 e. The summed E-state index contributed by atoms with van der Waals surface area (Å²) in [5.74, 6) is -1.03. The van der Waals surface area contributed by atoms with Crippen LogP contribution in [0.2, 0.25) is 0 Å². The Morgan fingerprint density at radius 1 is 1.32 bits per heavy atom. The summed E-state index contributed by atoms with van der Waals surface area (Å²) < 4.78 is 27.0. The van der Waals surface area contributed by atoms with Crippen LogP contribution in [0.5, 0.6) is 0 Å². The molecule has 1 heterocycles. The lowest BCUT2D eigenvalue weighted by molar-refractivity contribution is 0.0797.